The Labute approximate surface area is 316 Å². The smallest absolute Gasteiger partial charge is 0.317 e. The van der Waals surface area contributed by atoms with E-state index >= 15 is 0 Å². The van der Waals surface area contributed by atoms with E-state index in [2.05, 4.69) is 31.8 Å². The summed E-state index contributed by atoms with van der Waals surface area (Å²) >= 11 is 0. The number of phenols is 1. The Kier molecular flexibility index (Phi) is 9.53. The van der Waals surface area contributed by atoms with Crippen molar-refractivity contribution in [3.05, 3.63) is 76.4 Å². The highest BCUT2D eigenvalue weighted by Gasteiger charge is 2.54. The summed E-state index contributed by atoms with van der Waals surface area (Å²) in [6, 6.07) is 9.60. The molecule has 2 unspecified atom stereocenters. The fourth-order valence-electron chi connectivity index (χ4n) is 9.43. The second-order valence-corrected chi connectivity index (χ2v) is 16.2. The van der Waals surface area contributed by atoms with Gasteiger partial charge >= 0.3 is 5.97 Å². The van der Waals surface area contributed by atoms with E-state index in [9.17, 15) is 9.90 Å². The number of benzene rings is 1. The first-order valence-corrected chi connectivity index (χ1v) is 19.5. The van der Waals surface area contributed by atoms with E-state index in [0.717, 1.165) is 74.6 Å². The van der Waals surface area contributed by atoms with Crippen molar-refractivity contribution >= 4 is 35.3 Å². The van der Waals surface area contributed by atoms with Gasteiger partial charge in [-0.25, -0.2) is 9.97 Å². The van der Waals surface area contributed by atoms with Crippen molar-refractivity contribution < 1.29 is 19.2 Å². The van der Waals surface area contributed by atoms with Crippen molar-refractivity contribution in [2.45, 2.75) is 83.7 Å². The van der Waals surface area contributed by atoms with E-state index < -0.39 is 5.92 Å². The third-order valence-electron chi connectivity index (χ3n) is 12.4. The van der Waals surface area contributed by atoms with E-state index in [4.69, 9.17) is 30.7 Å². The number of hydrogen-bond acceptors (Lipinski definition) is 12. The SMILES string of the molecule is CCOC(=O)C(c1cc(N2CC3(CC(N4CCC(c5cnc(N6CCc7[nH]c(N)c(/C=C(\N)c8ccccc8O)c7C6C)nc5)CC4)C3)C2)no1)C(C)C. The van der Waals surface area contributed by atoms with Gasteiger partial charge in [-0.2, -0.15) is 0 Å². The highest BCUT2D eigenvalue weighted by Crippen LogP contribution is 2.52. The van der Waals surface area contributed by atoms with Crippen molar-refractivity contribution in [2.24, 2.45) is 17.1 Å². The number of anilines is 3. The van der Waals surface area contributed by atoms with Crippen molar-refractivity contribution in [1.82, 2.24) is 25.0 Å². The topological polar surface area (TPSA) is 176 Å². The maximum absolute atomic E-state index is 12.5. The molecule has 1 spiro atoms. The van der Waals surface area contributed by atoms with Gasteiger partial charge in [-0.05, 0) is 88.2 Å². The molecule has 8 rings (SSSR count). The summed E-state index contributed by atoms with van der Waals surface area (Å²) in [5, 5.41) is 14.7. The number of esters is 1. The quantitative estimate of drug-likeness (QED) is 0.144. The number of aromatic nitrogens is 4. The summed E-state index contributed by atoms with van der Waals surface area (Å²) in [6.45, 7) is 13.3. The van der Waals surface area contributed by atoms with Crippen LogP contribution in [0.4, 0.5) is 17.6 Å². The minimum atomic E-state index is -0.435. The van der Waals surface area contributed by atoms with Crippen LogP contribution in [0.15, 0.2) is 47.2 Å². The second-order valence-electron chi connectivity index (χ2n) is 16.2. The minimum Gasteiger partial charge on any atom is -0.507 e. The van der Waals surface area contributed by atoms with Gasteiger partial charge in [0.2, 0.25) is 5.95 Å². The molecule has 2 atom stereocenters. The molecule has 0 radical (unpaired) electrons. The van der Waals surface area contributed by atoms with Crippen molar-refractivity contribution in [3.63, 3.8) is 0 Å². The van der Waals surface area contributed by atoms with Crippen LogP contribution < -0.4 is 21.3 Å². The lowest BCUT2D eigenvalue weighted by atomic mass is 9.60. The monoisotopic (exact) mass is 735 g/mol. The average molecular weight is 736 g/mol. The Bertz CT molecular complexity index is 2000. The van der Waals surface area contributed by atoms with E-state index in [1.807, 2.05) is 51.4 Å². The Morgan fingerprint density at radius 2 is 1.87 bits per heavy atom. The predicted molar refractivity (Wildman–Crippen MR) is 209 cm³/mol. The number of nitrogens with two attached hydrogens (primary N) is 2. The number of aromatic hydroxyl groups is 1. The first-order chi connectivity index (χ1) is 26.0. The molecule has 1 aromatic carbocycles. The number of rotatable bonds is 10. The fraction of sp³-hybridized carbons (Fsp3) is 0.512. The summed E-state index contributed by atoms with van der Waals surface area (Å²) in [5.41, 5.74) is 18.5. The molecule has 54 heavy (non-hydrogen) atoms. The molecule has 1 saturated carbocycles. The number of nitrogen functional groups attached to an aromatic ring is 1. The summed E-state index contributed by atoms with van der Waals surface area (Å²) in [4.78, 5) is 32.9. The molecule has 3 aromatic heterocycles. The molecule has 286 valence electrons. The van der Waals surface area contributed by atoms with Crippen LogP contribution in [-0.2, 0) is 16.0 Å². The largest absolute Gasteiger partial charge is 0.507 e. The molecular weight excluding hydrogens is 683 g/mol. The van der Waals surface area contributed by atoms with E-state index in [0.29, 0.717) is 52.8 Å². The maximum Gasteiger partial charge on any atom is 0.317 e. The molecule has 6 heterocycles. The normalized spacial score (nSPS) is 21.2. The van der Waals surface area contributed by atoms with E-state index in [-0.39, 0.29) is 23.7 Å². The number of carbonyl (C=O) groups is 1. The molecule has 13 heteroatoms. The zero-order chi connectivity index (χ0) is 37.7. The Morgan fingerprint density at radius 1 is 1.15 bits per heavy atom. The van der Waals surface area contributed by atoms with Crippen LogP contribution in [0.3, 0.4) is 0 Å². The summed E-state index contributed by atoms with van der Waals surface area (Å²) in [5.74, 6) is 2.66. The average Bonchev–Trinajstić information content (AvgIpc) is 3.72. The molecular formula is C41H53N9O4. The zero-order valence-corrected chi connectivity index (χ0v) is 31.8. The first-order valence-electron chi connectivity index (χ1n) is 19.5. The van der Waals surface area contributed by atoms with Crippen LogP contribution >= 0.6 is 0 Å². The molecule has 3 aliphatic heterocycles. The number of H-pyrrole nitrogens is 1. The van der Waals surface area contributed by atoms with Crippen molar-refractivity contribution in [3.8, 4) is 5.75 Å². The second kappa shape index (κ2) is 14.3. The lowest BCUT2D eigenvalue weighted by Crippen LogP contribution is -2.67. The number of hydrogen-bond donors (Lipinski definition) is 4. The lowest BCUT2D eigenvalue weighted by Gasteiger charge is -2.61. The number of carbonyl (C=O) groups excluding carboxylic acids is 1. The highest BCUT2D eigenvalue weighted by atomic mass is 16.5. The molecule has 0 bridgehead atoms. The van der Waals surface area contributed by atoms with Crippen molar-refractivity contribution in [1.29, 1.82) is 0 Å². The van der Waals surface area contributed by atoms with Gasteiger partial charge in [-0.1, -0.05) is 31.1 Å². The zero-order valence-electron chi connectivity index (χ0n) is 31.8. The van der Waals surface area contributed by atoms with Crippen LogP contribution in [0.5, 0.6) is 5.75 Å². The molecule has 6 N–H and O–H groups in total. The highest BCUT2D eigenvalue weighted by molar-refractivity contribution is 5.86. The Morgan fingerprint density at radius 3 is 2.56 bits per heavy atom. The molecule has 1 aliphatic carbocycles. The van der Waals surface area contributed by atoms with Gasteiger partial charge in [-0.15, -0.1) is 0 Å². The molecule has 0 amide bonds. The van der Waals surface area contributed by atoms with Gasteiger partial charge < -0.3 is 45.5 Å². The van der Waals surface area contributed by atoms with E-state index in [1.165, 1.54) is 18.4 Å². The van der Waals surface area contributed by atoms with Gasteiger partial charge in [0.25, 0.3) is 0 Å². The number of piperidine rings is 1. The van der Waals surface area contributed by atoms with Crippen molar-refractivity contribution in [2.75, 3.05) is 54.9 Å². The molecule has 13 nitrogen and oxygen atoms in total. The van der Waals surface area contributed by atoms with Crippen LogP contribution in [0.2, 0.25) is 0 Å². The number of para-hydroxylation sites is 1. The number of phenolic OH excluding ortho intramolecular Hbond substituents is 1. The number of fused-ring (bicyclic) bond motifs is 1. The van der Waals surface area contributed by atoms with Crippen LogP contribution in [0.1, 0.15) is 105 Å². The van der Waals surface area contributed by atoms with Crippen LogP contribution in [0, 0.1) is 11.3 Å². The third-order valence-corrected chi connectivity index (χ3v) is 12.4. The van der Waals surface area contributed by atoms with E-state index in [1.54, 1.807) is 18.2 Å². The van der Waals surface area contributed by atoms with Gasteiger partial charge in [0.15, 0.2) is 11.6 Å². The Balaban J connectivity index is 0.836. The summed E-state index contributed by atoms with van der Waals surface area (Å²) < 4.78 is 10.9. The molecule has 4 aromatic rings. The van der Waals surface area contributed by atoms with Gasteiger partial charge in [0.05, 0.1) is 12.6 Å². The Hall–Kier alpha value is -5.04. The van der Waals surface area contributed by atoms with Gasteiger partial charge in [0.1, 0.15) is 17.5 Å². The fourth-order valence-corrected chi connectivity index (χ4v) is 9.43. The summed E-state index contributed by atoms with van der Waals surface area (Å²) in [7, 11) is 0. The number of nitrogens with one attached hydrogen (secondary N) is 1. The van der Waals surface area contributed by atoms with Gasteiger partial charge in [0, 0.05) is 84.1 Å². The molecule has 4 aliphatic rings. The lowest BCUT2D eigenvalue weighted by molar-refractivity contribution is -0.146. The van der Waals surface area contributed by atoms with Crippen LogP contribution in [-0.4, -0.2) is 81.5 Å². The first kappa shape index (κ1) is 36.0. The van der Waals surface area contributed by atoms with Crippen LogP contribution in [0.25, 0.3) is 11.8 Å². The number of nitrogens with zero attached hydrogens (tertiary/aromatic N) is 6. The summed E-state index contributed by atoms with van der Waals surface area (Å²) in [6.07, 6.45) is 11.3. The third kappa shape index (κ3) is 6.56. The maximum atomic E-state index is 12.5. The minimum absolute atomic E-state index is 0.0182. The number of likely N-dealkylation sites (tertiary alicyclic amines) is 1. The van der Waals surface area contributed by atoms with Gasteiger partial charge in [-0.3, -0.25) is 4.79 Å². The number of aromatic amines is 1. The molecule has 3 fully saturated rings. The number of ether oxygens (including phenoxy) is 1. The molecule has 2 saturated heterocycles. The standard InChI is InChI=1S/C41H53N9O4/c1-5-53-39(52)36(24(2)3)34-17-35(47-54-34)49-22-41(23-49)18-28(19-41)48-13-10-26(11-14-48)27-20-44-40(45-21-27)50-15-12-32-37(25(50)4)30(38(43)46-32)16-31(42)29-8-6-7-9-33(29)51/h6-9,16-17,20-21,24-26,28,36,46,51H,5,10-15,18-19,22-23,42-43H2,1-4H3/b31-16-. The predicted octanol–water partition coefficient (Wildman–Crippen LogP) is 5.81.